The molecule has 0 aliphatic heterocycles. The number of fused-ring (bicyclic) bond motifs is 1. The maximum atomic E-state index is 5.91. The van der Waals surface area contributed by atoms with Crippen molar-refractivity contribution in [2.45, 2.75) is 12.5 Å². The fourth-order valence-corrected chi connectivity index (χ4v) is 3.57. The SMILES string of the molecule is NC[C@@H](Cc1ccccn1)Nc1nnc(-c2ccc3cnccc3c2)s1. The standard InChI is InChI=1S/C19H18N6S/c20-11-17(10-16-3-1-2-7-22-16)23-19-25-24-18(26-19)14-4-5-15-12-21-8-6-13(15)9-14/h1-9,12,17H,10-11,20H2,(H,23,25)/t17-/m1/s1. The summed E-state index contributed by atoms with van der Waals surface area (Å²) >= 11 is 1.52. The van der Waals surface area contributed by atoms with Crippen LogP contribution in [0.1, 0.15) is 5.69 Å². The largest absolute Gasteiger partial charge is 0.356 e. The molecule has 26 heavy (non-hydrogen) atoms. The molecule has 0 bridgehead atoms. The molecule has 0 saturated heterocycles. The highest BCUT2D eigenvalue weighted by Crippen LogP contribution is 2.29. The Hall–Kier alpha value is -2.90. The number of rotatable bonds is 6. The number of benzene rings is 1. The fraction of sp³-hybridized carbons (Fsp3) is 0.158. The molecule has 6 nitrogen and oxygen atoms in total. The molecule has 1 atom stereocenters. The quantitative estimate of drug-likeness (QED) is 0.548. The molecular weight excluding hydrogens is 344 g/mol. The first-order chi connectivity index (χ1) is 12.8. The summed E-state index contributed by atoms with van der Waals surface area (Å²) in [6, 6.07) is 14.2. The molecule has 0 aliphatic rings. The zero-order valence-corrected chi connectivity index (χ0v) is 14.9. The van der Waals surface area contributed by atoms with Gasteiger partial charge in [0.25, 0.3) is 0 Å². The minimum atomic E-state index is 0.0633. The minimum absolute atomic E-state index is 0.0633. The van der Waals surface area contributed by atoms with Crippen molar-refractivity contribution in [3.8, 4) is 10.6 Å². The Morgan fingerprint density at radius 1 is 1.04 bits per heavy atom. The van der Waals surface area contributed by atoms with Crippen molar-refractivity contribution in [1.29, 1.82) is 0 Å². The van der Waals surface area contributed by atoms with E-state index in [4.69, 9.17) is 5.73 Å². The van der Waals surface area contributed by atoms with Gasteiger partial charge in [-0.2, -0.15) is 0 Å². The Balaban J connectivity index is 1.51. The molecule has 4 rings (SSSR count). The van der Waals surface area contributed by atoms with Gasteiger partial charge in [0.2, 0.25) is 5.13 Å². The number of nitrogens with two attached hydrogens (primary N) is 1. The summed E-state index contributed by atoms with van der Waals surface area (Å²) in [5.74, 6) is 0. The second-order valence-electron chi connectivity index (χ2n) is 5.95. The monoisotopic (exact) mass is 362 g/mol. The molecule has 4 aromatic rings. The third kappa shape index (κ3) is 3.68. The van der Waals surface area contributed by atoms with Crippen LogP contribution in [-0.2, 0) is 6.42 Å². The van der Waals surface area contributed by atoms with E-state index < -0.39 is 0 Å². The Morgan fingerprint density at radius 3 is 2.85 bits per heavy atom. The van der Waals surface area contributed by atoms with Crippen molar-refractivity contribution in [2.24, 2.45) is 5.73 Å². The van der Waals surface area contributed by atoms with Crippen LogP contribution in [0.3, 0.4) is 0 Å². The van der Waals surface area contributed by atoms with E-state index in [1.807, 2.05) is 36.5 Å². The van der Waals surface area contributed by atoms with Gasteiger partial charge in [-0.25, -0.2) is 0 Å². The van der Waals surface area contributed by atoms with Crippen LogP contribution in [0.25, 0.3) is 21.3 Å². The van der Waals surface area contributed by atoms with Gasteiger partial charge in [-0.05, 0) is 29.7 Å². The van der Waals surface area contributed by atoms with E-state index >= 15 is 0 Å². The molecule has 0 spiro atoms. The summed E-state index contributed by atoms with van der Waals surface area (Å²) in [5, 5.41) is 15.9. The summed E-state index contributed by atoms with van der Waals surface area (Å²) in [6.07, 6.45) is 6.19. The van der Waals surface area contributed by atoms with Gasteiger partial charge < -0.3 is 11.1 Å². The Bertz CT molecular complexity index is 1000. The van der Waals surface area contributed by atoms with E-state index in [1.165, 1.54) is 11.3 Å². The lowest BCUT2D eigenvalue weighted by atomic mass is 10.1. The molecular formula is C19H18N6S. The first kappa shape index (κ1) is 16.6. The van der Waals surface area contributed by atoms with E-state index in [9.17, 15) is 0 Å². The Labute approximate surface area is 155 Å². The number of nitrogens with zero attached hydrogens (tertiary/aromatic N) is 4. The fourth-order valence-electron chi connectivity index (χ4n) is 2.75. The van der Waals surface area contributed by atoms with Crippen LogP contribution in [0.4, 0.5) is 5.13 Å². The first-order valence-electron chi connectivity index (χ1n) is 8.36. The van der Waals surface area contributed by atoms with Crippen LogP contribution in [0.5, 0.6) is 0 Å². The number of hydrogen-bond donors (Lipinski definition) is 2. The molecule has 0 saturated carbocycles. The van der Waals surface area contributed by atoms with Crippen molar-refractivity contribution in [3.05, 3.63) is 66.7 Å². The van der Waals surface area contributed by atoms with Crippen LogP contribution < -0.4 is 11.1 Å². The Kier molecular flexibility index (Phi) is 4.81. The van der Waals surface area contributed by atoms with E-state index in [0.29, 0.717) is 6.54 Å². The van der Waals surface area contributed by atoms with Crippen LogP contribution >= 0.6 is 11.3 Å². The van der Waals surface area contributed by atoms with Crippen molar-refractivity contribution in [3.63, 3.8) is 0 Å². The summed E-state index contributed by atoms with van der Waals surface area (Å²) in [4.78, 5) is 8.50. The number of anilines is 1. The average Bonchev–Trinajstić information content (AvgIpc) is 3.16. The molecule has 7 heteroatoms. The van der Waals surface area contributed by atoms with Gasteiger partial charge in [0, 0.05) is 54.2 Å². The average molecular weight is 362 g/mol. The molecule has 0 amide bonds. The smallest absolute Gasteiger partial charge is 0.206 e. The summed E-state index contributed by atoms with van der Waals surface area (Å²) in [6.45, 7) is 0.495. The molecule has 0 fully saturated rings. The molecule has 1 aromatic carbocycles. The van der Waals surface area contributed by atoms with Crippen LogP contribution in [0.2, 0.25) is 0 Å². The molecule has 0 aliphatic carbocycles. The number of hydrogen-bond acceptors (Lipinski definition) is 7. The van der Waals surface area contributed by atoms with E-state index in [1.54, 1.807) is 12.4 Å². The normalized spacial score (nSPS) is 12.2. The second kappa shape index (κ2) is 7.55. The summed E-state index contributed by atoms with van der Waals surface area (Å²) < 4.78 is 0. The molecule has 3 heterocycles. The zero-order valence-electron chi connectivity index (χ0n) is 14.0. The lowest BCUT2D eigenvalue weighted by Crippen LogP contribution is -2.31. The zero-order chi connectivity index (χ0) is 17.8. The topological polar surface area (TPSA) is 89.6 Å². The second-order valence-corrected chi connectivity index (χ2v) is 6.93. The van der Waals surface area contributed by atoms with Gasteiger partial charge in [0.15, 0.2) is 0 Å². The molecule has 0 unspecified atom stereocenters. The van der Waals surface area contributed by atoms with Crippen molar-refractivity contribution in [1.82, 2.24) is 20.2 Å². The van der Waals surface area contributed by atoms with E-state index in [0.717, 1.165) is 38.6 Å². The Morgan fingerprint density at radius 2 is 2.00 bits per heavy atom. The summed E-state index contributed by atoms with van der Waals surface area (Å²) in [5.41, 5.74) is 7.96. The van der Waals surface area contributed by atoms with Gasteiger partial charge in [-0.1, -0.05) is 29.5 Å². The predicted octanol–water partition coefficient (Wildman–Crippen LogP) is 3.13. The third-order valence-electron chi connectivity index (χ3n) is 4.11. The first-order valence-corrected chi connectivity index (χ1v) is 9.17. The van der Waals surface area contributed by atoms with Gasteiger partial charge in [-0.3, -0.25) is 9.97 Å². The van der Waals surface area contributed by atoms with E-state index in [-0.39, 0.29) is 6.04 Å². The number of aromatic nitrogens is 4. The van der Waals surface area contributed by atoms with Gasteiger partial charge in [-0.15, -0.1) is 10.2 Å². The van der Waals surface area contributed by atoms with Crippen LogP contribution in [0.15, 0.2) is 61.1 Å². The maximum Gasteiger partial charge on any atom is 0.206 e. The molecule has 3 aromatic heterocycles. The van der Waals surface area contributed by atoms with Crippen LogP contribution in [0, 0.1) is 0 Å². The van der Waals surface area contributed by atoms with Crippen molar-refractivity contribution >= 4 is 27.2 Å². The van der Waals surface area contributed by atoms with Crippen molar-refractivity contribution in [2.75, 3.05) is 11.9 Å². The lowest BCUT2D eigenvalue weighted by Gasteiger charge is -2.14. The number of nitrogens with one attached hydrogen (secondary N) is 1. The van der Waals surface area contributed by atoms with Gasteiger partial charge in [0.1, 0.15) is 5.01 Å². The van der Waals surface area contributed by atoms with E-state index in [2.05, 4.69) is 37.6 Å². The molecule has 0 radical (unpaired) electrons. The highest BCUT2D eigenvalue weighted by Gasteiger charge is 2.13. The predicted molar refractivity (Wildman–Crippen MR) is 105 cm³/mol. The van der Waals surface area contributed by atoms with Crippen LogP contribution in [-0.4, -0.2) is 32.8 Å². The summed E-state index contributed by atoms with van der Waals surface area (Å²) in [7, 11) is 0. The molecule has 130 valence electrons. The lowest BCUT2D eigenvalue weighted by molar-refractivity contribution is 0.708. The highest BCUT2D eigenvalue weighted by molar-refractivity contribution is 7.18. The van der Waals surface area contributed by atoms with Gasteiger partial charge >= 0.3 is 0 Å². The van der Waals surface area contributed by atoms with Crippen molar-refractivity contribution < 1.29 is 0 Å². The number of pyridine rings is 2. The third-order valence-corrected chi connectivity index (χ3v) is 5.01. The van der Waals surface area contributed by atoms with Gasteiger partial charge in [0.05, 0.1) is 0 Å². The minimum Gasteiger partial charge on any atom is -0.356 e. The maximum absolute atomic E-state index is 5.91. The molecule has 3 N–H and O–H groups in total. The highest BCUT2D eigenvalue weighted by atomic mass is 32.1.